The van der Waals surface area contributed by atoms with Crippen molar-refractivity contribution in [3.63, 3.8) is 0 Å². The van der Waals surface area contributed by atoms with Crippen LogP contribution in [0.4, 0.5) is 0 Å². The number of methoxy groups -OCH3 is 1. The van der Waals surface area contributed by atoms with Gasteiger partial charge in [-0.1, -0.05) is 6.92 Å². The lowest BCUT2D eigenvalue weighted by Crippen LogP contribution is -2.31. The van der Waals surface area contributed by atoms with Crippen LogP contribution in [-0.4, -0.2) is 29.5 Å². The summed E-state index contributed by atoms with van der Waals surface area (Å²) in [6.07, 6.45) is 1.33. The van der Waals surface area contributed by atoms with E-state index in [1.165, 1.54) is 0 Å². The molecule has 146 valence electrons. The number of benzene rings is 1. The summed E-state index contributed by atoms with van der Waals surface area (Å²) in [6.45, 7) is 4.27. The molecule has 2 heterocycles. The number of nitrogens with zero attached hydrogens (tertiary/aromatic N) is 1. The number of ether oxygens (including phenoxy) is 1. The van der Waals surface area contributed by atoms with Crippen molar-refractivity contribution in [2.75, 3.05) is 13.7 Å². The number of carbonyl (C=O) groups excluding carboxylic acids is 1. The van der Waals surface area contributed by atoms with Crippen molar-refractivity contribution < 1.29 is 9.53 Å². The Morgan fingerprint density at radius 2 is 2.04 bits per heavy atom. The molecule has 2 aromatic heterocycles. The molecule has 0 aliphatic rings. The van der Waals surface area contributed by atoms with Gasteiger partial charge >= 0.3 is 0 Å². The maximum absolute atomic E-state index is 12.3. The van der Waals surface area contributed by atoms with E-state index in [2.05, 4.69) is 15.3 Å². The number of amides is 1. The quantitative estimate of drug-likeness (QED) is 0.640. The Hall–Kier alpha value is -2.93. The molecule has 0 spiro atoms. The van der Waals surface area contributed by atoms with Crippen molar-refractivity contribution >= 4 is 17.2 Å². The molecule has 6 nitrogen and oxygen atoms in total. The largest absolute Gasteiger partial charge is 0.497 e. The van der Waals surface area contributed by atoms with E-state index in [1.807, 2.05) is 43.5 Å². The summed E-state index contributed by atoms with van der Waals surface area (Å²) in [5.74, 6) is 0.443. The van der Waals surface area contributed by atoms with E-state index >= 15 is 0 Å². The number of H-pyrrole nitrogens is 1. The van der Waals surface area contributed by atoms with Gasteiger partial charge < -0.3 is 15.0 Å². The van der Waals surface area contributed by atoms with Crippen molar-refractivity contribution in [3.8, 4) is 17.0 Å². The van der Waals surface area contributed by atoms with Gasteiger partial charge in [0.05, 0.1) is 17.8 Å². The second kappa shape index (κ2) is 8.84. The van der Waals surface area contributed by atoms with Crippen LogP contribution in [0.1, 0.15) is 33.5 Å². The minimum absolute atomic E-state index is 0.146. The van der Waals surface area contributed by atoms with Crippen LogP contribution < -0.4 is 15.6 Å². The van der Waals surface area contributed by atoms with Gasteiger partial charge in [-0.3, -0.25) is 9.59 Å². The fourth-order valence-corrected chi connectivity index (χ4v) is 3.71. The van der Waals surface area contributed by atoms with E-state index in [-0.39, 0.29) is 17.0 Å². The first-order chi connectivity index (χ1) is 13.5. The van der Waals surface area contributed by atoms with Crippen molar-refractivity contribution in [3.05, 3.63) is 67.9 Å². The summed E-state index contributed by atoms with van der Waals surface area (Å²) in [7, 11) is 1.64. The lowest BCUT2D eigenvalue weighted by molar-refractivity contribution is 0.0952. The lowest BCUT2D eigenvalue weighted by Gasteiger charge is -2.07. The van der Waals surface area contributed by atoms with Gasteiger partial charge in [-0.2, -0.15) is 0 Å². The highest BCUT2D eigenvalue weighted by molar-refractivity contribution is 7.09. The first-order valence-electron chi connectivity index (χ1n) is 9.11. The normalized spacial score (nSPS) is 10.7. The molecule has 0 aliphatic heterocycles. The number of pyridine rings is 1. The number of carbonyl (C=O) groups is 1. The number of aromatic amines is 1. The van der Waals surface area contributed by atoms with E-state index in [0.717, 1.165) is 39.7 Å². The molecule has 0 unspecified atom stereocenters. The van der Waals surface area contributed by atoms with Crippen LogP contribution in [-0.2, 0) is 12.8 Å². The predicted octanol–water partition coefficient (Wildman–Crippen LogP) is 3.35. The molecular weight excluding hydrogens is 374 g/mol. The second-order valence-corrected chi connectivity index (χ2v) is 7.33. The van der Waals surface area contributed by atoms with Gasteiger partial charge in [-0.25, -0.2) is 4.98 Å². The van der Waals surface area contributed by atoms with Crippen LogP contribution in [0.2, 0.25) is 0 Å². The average molecular weight is 398 g/mol. The molecular formula is C21H23N3O3S. The minimum Gasteiger partial charge on any atom is -0.497 e. The van der Waals surface area contributed by atoms with Gasteiger partial charge in [0.25, 0.3) is 11.5 Å². The summed E-state index contributed by atoms with van der Waals surface area (Å²) < 4.78 is 5.17. The Morgan fingerprint density at radius 3 is 2.71 bits per heavy atom. The van der Waals surface area contributed by atoms with E-state index in [9.17, 15) is 9.59 Å². The van der Waals surface area contributed by atoms with Gasteiger partial charge in [0.2, 0.25) is 0 Å². The third-order valence-corrected chi connectivity index (χ3v) is 5.41. The van der Waals surface area contributed by atoms with E-state index < -0.39 is 0 Å². The monoisotopic (exact) mass is 397 g/mol. The van der Waals surface area contributed by atoms with Gasteiger partial charge in [-0.05, 0) is 49.2 Å². The van der Waals surface area contributed by atoms with Gasteiger partial charge in [-0.15, -0.1) is 11.3 Å². The summed E-state index contributed by atoms with van der Waals surface area (Å²) in [6, 6.07) is 9.38. The summed E-state index contributed by atoms with van der Waals surface area (Å²) in [5, 5.41) is 5.73. The third kappa shape index (κ3) is 4.48. The molecule has 7 heteroatoms. The number of rotatable bonds is 7. The number of hydrogen-bond donors (Lipinski definition) is 2. The van der Waals surface area contributed by atoms with Crippen LogP contribution >= 0.6 is 11.3 Å². The number of hydrogen-bond acceptors (Lipinski definition) is 5. The average Bonchev–Trinajstić information content (AvgIpc) is 3.18. The fourth-order valence-electron chi connectivity index (χ4n) is 2.91. The third-order valence-electron chi connectivity index (χ3n) is 4.51. The summed E-state index contributed by atoms with van der Waals surface area (Å²) in [4.78, 5) is 31.8. The van der Waals surface area contributed by atoms with E-state index in [0.29, 0.717) is 13.0 Å². The van der Waals surface area contributed by atoms with Crippen LogP contribution in [0, 0.1) is 6.92 Å². The topological polar surface area (TPSA) is 84.1 Å². The van der Waals surface area contributed by atoms with Crippen molar-refractivity contribution in [2.24, 2.45) is 0 Å². The zero-order valence-electron chi connectivity index (χ0n) is 16.2. The molecule has 0 radical (unpaired) electrons. The molecule has 28 heavy (non-hydrogen) atoms. The smallest absolute Gasteiger partial charge is 0.261 e. The Morgan fingerprint density at radius 1 is 1.29 bits per heavy atom. The maximum atomic E-state index is 12.3. The molecule has 3 rings (SSSR count). The number of nitrogens with one attached hydrogen (secondary N) is 2. The second-order valence-electron chi connectivity index (χ2n) is 6.39. The van der Waals surface area contributed by atoms with Gasteiger partial charge in [0, 0.05) is 29.6 Å². The molecule has 2 N–H and O–H groups in total. The van der Waals surface area contributed by atoms with Crippen LogP contribution in [0.5, 0.6) is 5.75 Å². The molecule has 0 saturated carbocycles. The minimum atomic E-state index is -0.362. The Bertz CT molecular complexity index is 1020. The molecule has 1 amide bonds. The molecule has 0 saturated heterocycles. The SMILES string of the molecule is CCc1[nH]c(=O)c(C(=O)NCCc2nc(-c3ccc(OC)cc3)cs2)cc1C. The van der Waals surface area contributed by atoms with Crippen LogP contribution in [0.15, 0.2) is 40.5 Å². The van der Waals surface area contributed by atoms with Gasteiger partial charge in [0.15, 0.2) is 0 Å². The van der Waals surface area contributed by atoms with Crippen LogP contribution in [0.3, 0.4) is 0 Å². The zero-order valence-corrected chi connectivity index (χ0v) is 17.0. The maximum Gasteiger partial charge on any atom is 0.261 e. The number of thiazole rings is 1. The first-order valence-corrected chi connectivity index (χ1v) is 9.99. The molecule has 3 aromatic rings. The standard InChI is InChI=1S/C21H23N3O3S/c1-4-17-13(2)11-16(21(26)24-17)20(25)22-10-9-19-23-18(12-28-19)14-5-7-15(27-3)8-6-14/h5-8,11-12H,4,9-10H2,1-3H3,(H,22,25)(H,24,26). The molecule has 0 bridgehead atoms. The van der Waals surface area contributed by atoms with Crippen molar-refractivity contribution in [1.82, 2.24) is 15.3 Å². The molecule has 0 fully saturated rings. The van der Waals surface area contributed by atoms with Crippen molar-refractivity contribution in [2.45, 2.75) is 26.7 Å². The highest BCUT2D eigenvalue weighted by Gasteiger charge is 2.13. The highest BCUT2D eigenvalue weighted by Crippen LogP contribution is 2.24. The van der Waals surface area contributed by atoms with Gasteiger partial charge in [0.1, 0.15) is 11.3 Å². The zero-order chi connectivity index (χ0) is 20.1. The lowest BCUT2D eigenvalue weighted by atomic mass is 10.1. The molecule has 1 aromatic carbocycles. The van der Waals surface area contributed by atoms with E-state index in [4.69, 9.17) is 4.74 Å². The highest BCUT2D eigenvalue weighted by atomic mass is 32.1. The molecule has 0 aliphatic carbocycles. The first kappa shape index (κ1) is 19.8. The Balaban J connectivity index is 1.59. The summed E-state index contributed by atoms with van der Waals surface area (Å²) >= 11 is 1.55. The molecule has 0 atom stereocenters. The van der Waals surface area contributed by atoms with E-state index in [1.54, 1.807) is 24.5 Å². The van der Waals surface area contributed by atoms with Crippen LogP contribution in [0.25, 0.3) is 11.3 Å². The predicted molar refractivity (Wildman–Crippen MR) is 111 cm³/mol. The summed E-state index contributed by atoms with van der Waals surface area (Å²) in [5.41, 5.74) is 3.48. The number of aryl methyl sites for hydroxylation is 2. The fraction of sp³-hybridized carbons (Fsp3) is 0.286. The number of aromatic nitrogens is 2. The Labute approximate surface area is 167 Å². The Kier molecular flexibility index (Phi) is 6.26. The van der Waals surface area contributed by atoms with Crippen molar-refractivity contribution in [1.29, 1.82) is 0 Å².